The third kappa shape index (κ3) is 4.69. The van der Waals surface area contributed by atoms with Gasteiger partial charge in [0.15, 0.2) is 0 Å². The summed E-state index contributed by atoms with van der Waals surface area (Å²) in [6, 6.07) is 14.2. The molecule has 4 heteroatoms. The minimum atomic E-state index is -0.186. The van der Waals surface area contributed by atoms with Crippen LogP contribution in [0.25, 0.3) is 6.08 Å². The molecule has 0 spiro atoms. The molecule has 0 unspecified atom stereocenters. The number of carbonyl (C=O) groups excluding carboxylic acids is 1. The molecule has 0 heterocycles. The lowest BCUT2D eigenvalue weighted by molar-refractivity contribution is -0.116. The van der Waals surface area contributed by atoms with Crippen molar-refractivity contribution in [2.24, 2.45) is 0 Å². The molecule has 2 aromatic rings. The average Bonchev–Trinajstić information content (AvgIpc) is 2.51. The summed E-state index contributed by atoms with van der Waals surface area (Å²) in [5, 5.41) is 12.1. The number of aromatic hydroxyl groups is 1. The smallest absolute Gasteiger partial charge is 0.244 e. The van der Waals surface area contributed by atoms with Crippen LogP contribution >= 0.6 is 0 Å². The topological polar surface area (TPSA) is 58.6 Å². The molecule has 4 nitrogen and oxygen atoms in total. The fraction of sp³-hybridized carbons (Fsp3) is 0.118. The maximum atomic E-state index is 11.7. The number of rotatable bonds is 5. The Kier molecular flexibility index (Phi) is 4.99. The Labute approximate surface area is 123 Å². The third-order valence-corrected chi connectivity index (χ3v) is 2.92. The molecule has 2 aromatic carbocycles. The molecule has 2 rings (SSSR count). The lowest BCUT2D eigenvalue weighted by Gasteiger charge is -2.03. The van der Waals surface area contributed by atoms with Crippen molar-refractivity contribution in [2.45, 2.75) is 6.54 Å². The average molecular weight is 283 g/mol. The summed E-state index contributed by atoms with van der Waals surface area (Å²) in [5.41, 5.74) is 1.77. The molecule has 0 aliphatic carbocycles. The van der Waals surface area contributed by atoms with Crippen LogP contribution in [-0.4, -0.2) is 18.1 Å². The monoisotopic (exact) mass is 283 g/mol. The molecule has 0 fully saturated rings. The number of nitrogens with one attached hydrogen (secondary N) is 1. The summed E-state index contributed by atoms with van der Waals surface area (Å²) in [6.45, 7) is 0.375. The zero-order valence-electron chi connectivity index (χ0n) is 11.7. The second-order valence-corrected chi connectivity index (χ2v) is 4.49. The molecule has 21 heavy (non-hydrogen) atoms. The highest BCUT2D eigenvalue weighted by Gasteiger charge is 1.98. The number of phenols is 1. The standard InChI is InChI=1S/C17H17NO3/c1-21-16-8-5-13(6-9-16)7-10-17(20)18-12-14-3-2-4-15(19)11-14/h2-11,19H,12H2,1H3,(H,18,20)/b10-7+. The number of phenolic OH excluding ortho intramolecular Hbond substituents is 1. The number of benzene rings is 2. The number of methoxy groups -OCH3 is 1. The van der Waals surface area contributed by atoms with Crippen molar-refractivity contribution in [1.82, 2.24) is 5.32 Å². The first-order valence-corrected chi connectivity index (χ1v) is 6.55. The fourth-order valence-corrected chi connectivity index (χ4v) is 1.80. The number of hydrogen-bond acceptors (Lipinski definition) is 3. The van der Waals surface area contributed by atoms with Gasteiger partial charge in [-0.2, -0.15) is 0 Å². The van der Waals surface area contributed by atoms with Gasteiger partial charge in [0.25, 0.3) is 0 Å². The molecule has 0 bridgehead atoms. The lowest BCUT2D eigenvalue weighted by atomic mass is 10.2. The highest BCUT2D eigenvalue weighted by atomic mass is 16.5. The number of amides is 1. The molecular formula is C17H17NO3. The second kappa shape index (κ2) is 7.14. The van der Waals surface area contributed by atoms with Crippen molar-refractivity contribution < 1.29 is 14.6 Å². The van der Waals surface area contributed by atoms with Crippen molar-refractivity contribution in [1.29, 1.82) is 0 Å². The molecule has 1 amide bonds. The van der Waals surface area contributed by atoms with Crippen molar-refractivity contribution >= 4 is 12.0 Å². The minimum Gasteiger partial charge on any atom is -0.508 e. The van der Waals surface area contributed by atoms with Gasteiger partial charge >= 0.3 is 0 Å². The van der Waals surface area contributed by atoms with E-state index in [0.29, 0.717) is 6.54 Å². The lowest BCUT2D eigenvalue weighted by Crippen LogP contribution is -2.20. The van der Waals surface area contributed by atoms with Crippen LogP contribution in [0.5, 0.6) is 11.5 Å². The quantitative estimate of drug-likeness (QED) is 0.829. The predicted molar refractivity (Wildman–Crippen MR) is 82.0 cm³/mol. The zero-order chi connectivity index (χ0) is 15.1. The van der Waals surface area contributed by atoms with Crippen molar-refractivity contribution in [3.63, 3.8) is 0 Å². The van der Waals surface area contributed by atoms with Crippen LogP contribution in [0.2, 0.25) is 0 Å². The highest BCUT2D eigenvalue weighted by molar-refractivity contribution is 5.91. The number of hydrogen-bond donors (Lipinski definition) is 2. The third-order valence-electron chi connectivity index (χ3n) is 2.92. The van der Waals surface area contributed by atoms with Gasteiger partial charge in [-0.3, -0.25) is 4.79 Å². The molecule has 108 valence electrons. The molecule has 0 saturated heterocycles. The van der Waals surface area contributed by atoms with E-state index < -0.39 is 0 Å². The fourth-order valence-electron chi connectivity index (χ4n) is 1.80. The summed E-state index contributed by atoms with van der Waals surface area (Å²) < 4.78 is 5.07. The van der Waals surface area contributed by atoms with Crippen LogP contribution in [0.3, 0.4) is 0 Å². The Morgan fingerprint density at radius 3 is 2.67 bits per heavy atom. The van der Waals surface area contributed by atoms with Crippen LogP contribution in [-0.2, 0) is 11.3 Å². The molecule has 0 saturated carbocycles. The van der Waals surface area contributed by atoms with E-state index in [1.54, 1.807) is 31.4 Å². The van der Waals surface area contributed by atoms with Gasteiger partial charge in [-0.15, -0.1) is 0 Å². The maximum absolute atomic E-state index is 11.7. The van der Waals surface area contributed by atoms with E-state index in [9.17, 15) is 9.90 Å². The van der Waals surface area contributed by atoms with E-state index in [2.05, 4.69) is 5.32 Å². The molecule has 2 N–H and O–H groups in total. The van der Waals surface area contributed by atoms with Gasteiger partial charge < -0.3 is 15.2 Å². The number of ether oxygens (including phenoxy) is 1. The first-order chi connectivity index (χ1) is 10.2. The van der Waals surface area contributed by atoms with Gasteiger partial charge in [-0.05, 0) is 41.5 Å². The Bertz CT molecular complexity index is 633. The van der Waals surface area contributed by atoms with Crippen LogP contribution in [0.15, 0.2) is 54.6 Å². The normalized spacial score (nSPS) is 10.5. The summed E-state index contributed by atoms with van der Waals surface area (Å²) in [4.78, 5) is 11.7. The van der Waals surface area contributed by atoms with E-state index in [0.717, 1.165) is 16.9 Å². The summed E-state index contributed by atoms with van der Waals surface area (Å²) >= 11 is 0. The first kappa shape index (κ1) is 14.7. The van der Waals surface area contributed by atoms with Crippen LogP contribution in [0.1, 0.15) is 11.1 Å². The van der Waals surface area contributed by atoms with Gasteiger partial charge in [0, 0.05) is 12.6 Å². The van der Waals surface area contributed by atoms with Gasteiger partial charge in [0.2, 0.25) is 5.91 Å². The molecular weight excluding hydrogens is 266 g/mol. The van der Waals surface area contributed by atoms with Crippen molar-refractivity contribution in [3.05, 3.63) is 65.7 Å². The van der Waals surface area contributed by atoms with Crippen molar-refractivity contribution in [3.8, 4) is 11.5 Å². The highest BCUT2D eigenvalue weighted by Crippen LogP contribution is 2.12. The van der Waals surface area contributed by atoms with Crippen LogP contribution < -0.4 is 10.1 Å². The van der Waals surface area contributed by atoms with E-state index in [4.69, 9.17) is 4.74 Å². The Morgan fingerprint density at radius 1 is 1.24 bits per heavy atom. The van der Waals surface area contributed by atoms with Gasteiger partial charge in [-0.25, -0.2) is 0 Å². The van der Waals surface area contributed by atoms with Crippen LogP contribution in [0, 0.1) is 0 Å². The van der Waals surface area contributed by atoms with Gasteiger partial charge in [-0.1, -0.05) is 24.3 Å². The maximum Gasteiger partial charge on any atom is 0.244 e. The van der Waals surface area contributed by atoms with E-state index in [1.807, 2.05) is 30.3 Å². The Morgan fingerprint density at radius 2 is 2.00 bits per heavy atom. The molecule has 0 radical (unpaired) electrons. The molecule has 0 aromatic heterocycles. The summed E-state index contributed by atoms with van der Waals surface area (Å²) in [6.07, 6.45) is 3.21. The first-order valence-electron chi connectivity index (χ1n) is 6.55. The second-order valence-electron chi connectivity index (χ2n) is 4.49. The van der Waals surface area contributed by atoms with Crippen LogP contribution in [0.4, 0.5) is 0 Å². The molecule has 0 aliphatic heterocycles. The molecule has 0 atom stereocenters. The number of carbonyl (C=O) groups is 1. The zero-order valence-corrected chi connectivity index (χ0v) is 11.7. The Balaban J connectivity index is 1.87. The van der Waals surface area contributed by atoms with E-state index in [1.165, 1.54) is 6.08 Å². The predicted octanol–water partition coefficient (Wildman–Crippen LogP) is 2.73. The largest absolute Gasteiger partial charge is 0.508 e. The van der Waals surface area contributed by atoms with Crippen molar-refractivity contribution in [2.75, 3.05) is 7.11 Å². The minimum absolute atomic E-state index is 0.186. The van der Waals surface area contributed by atoms with E-state index in [-0.39, 0.29) is 11.7 Å². The van der Waals surface area contributed by atoms with E-state index >= 15 is 0 Å². The van der Waals surface area contributed by atoms with Gasteiger partial charge in [0.05, 0.1) is 7.11 Å². The summed E-state index contributed by atoms with van der Waals surface area (Å²) in [7, 11) is 1.61. The van der Waals surface area contributed by atoms with Gasteiger partial charge in [0.1, 0.15) is 11.5 Å². The summed E-state index contributed by atoms with van der Waals surface area (Å²) in [5.74, 6) is 0.783. The molecule has 0 aliphatic rings. The Hall–Kier alpha value is -2.75. The SMILES string of the molecule is COc1ccc(/C=C/C(=O)NCc2cccc(O)c2)cc1.